The van der Waals surface area contributed by atoms with Crippen LogP contribution < -0.4 is 5.32 Å². The maximum absolute atomic E-state index is 14.0. The minimum atomic E-state index is -0.848. The lowest BCUT2D eigenvalue weighted by atomic mass is 9.92. The van der Waals surface area contributed by atoms with E-state index in [1.54, 1.807) is 32.9 Å². The van der Waals surface area contributed by atoms with Crippen molar-refractivity contribution in [3.8, 4) is 0 Å². The van der Waals surface area contributed by atoms with Gasteiger partial charge in [-0.05, 0) is 29.4 Å². The Bertz CT molecular complexity index is 501. The monoisotopic (exact) mass is 283 g/mol. The van der Waals surface area contributed by atoms with Crippen LogP contribution in [0.15, 0.2) is 12.1 Å². The summed E-state index contributed by atoms with van der Waals surface area (Å²) in [6, 6.07) is 3.15. The lowest BCUT2D eigenvalue weighted by Gasteiger charge is -2.15. The zero-order valence-corrected chi connectivity index (χ0v) is 11.9. The van der Waals surface area contributed by atoms with E-state index >= 15 is 0 Å². The van der Waals surface area contributed by atoms with Crippen molar-refractivity contribution < 1.29 is 18.4 Å². The van der Waals surface area contributed by atoms with E-state index < -0.39 is 17.5 Å². The van der Waals surface area contributed by atoms with E-state index in [0.717, 1.165) is 0 Å². The van der Waals surface area contributed by atoms with Gasteiger partial charge < -0.3 is 0 Å². The highest BCUT2D eigenvalue weighted by molar-refractivity contribution is 5.85. The summed E-state index contributed by atoms with van der Waals surface area (Å²) in [4.78, 5) is 21.3. The van der Waals surface area contributed by atoms with Gasteiger partial charge in [0.2, 0.25) is 12.3 Å². The molecule has 0 saturated carbocycles. The molecule has 0 heterocycles. The topological polar surface area (TPSA) is 46.2 Å². The Labute approximate surface area is 117 Å². The van der Waals surface area contributed by atoms with Crippen molar-refractivity contribution in [2.45, 2.75) is 45.4 Å². The van der Waals surface area contributed by atoms with Gasteiger partial charge in [0.25, 0.3) is 0 Å². The summed E-state index contributed by atoms with van der Waals surface area (Å²) in [5.74, 6) is -2.48. The number of amides is 2. The van der Waals surface area contributed by atoms with Crippen LogP contribution in [0.3, 0.4) is 0 Å². The van der Waals surface area contributed by atoms with E-state index in [4.69, 9.17) is 0 Å². The smallest absolute Gasteiger partial charge is 0.226 e. The lowest BCUT2D eigenvalue weighted by Crippen LogP contribution is -2.21. The van der Waals surface area contributed by atoms with Crippen LogP contribution in [0.25, 0.3) is 0 Å². The standard InChI is InChI=1S/C15H19F2NO2/c1-9(2)11-5-6-12(15(17)14(11)16)10(3)4-7-13(20)18-8-19/h5-6,8-10H,4,7H2,1-3H3,(H,18,19,20). The number of rotatable bonds is 6. The molecule has 1 atom stereocenters. The summed E-state index contributed by atoms with van der Waals surface area (Å²) in [6.07, 6.45) is 0.745. The second kappa shape index (κ2) is 7.12. The molecule has 1 unspecified atom stereocenters. The normalized spacial score (nSPS) is 12.3. The number of hydrogen-bond acceptors (Lipinski definition) is 2. The van der Waals surface area contributed by atoms with Crippen LogP contribution >= 0.6 is 0 Å². The van der Waals surface area contributed by atoms with Gasteiger partial charge in [-0.15, -0.1) is 0 Å². The highest BCUT2D eigenvalue weighted by Gasteiger charge is 2.19. The Morgan fingerprint density at radius 1 is 1.20 bits per heavy atom. The van der Waals surface area contributed by atoms with Crippen LogP contribution in [-0.2, 0) is 9.59 Å². The minimum absolute atomic E-state index is 0.0902. The third kappa shape index (κ3) is 3.85. The van der Waals surface area contributed by atoms with Gasteiger partial charge in [-0.25, -0.2) is 8.78 Å². The fraction of sp³-hybridized carbons (Fsp3) is 0.467. The molecule has 5 heteroatoms. The van der Waals surface area contributed by atoms with Crippen LogP contribution in [0.2, 0.25) is 0 Å². The molecule has 0 aromatic heterocycles. The molecule has 0 fully saturated rings. The summed E-state index contributed by atoms with van der Waals surface area (Å²) in [6.45, 7) is 5.32. The molecule has 20 heavy (non-hydrogen) atoms. The van der Waals surface area contributed by atoms with Gasteiger partial charge in [0.05, 0.1) is 0 Å². The van der Waals surface area contributed by atoms with E-state index in [1.807, 2.05) is 5.32 Å². The Morgan fingerprint density at radius 2 is 1.75 bits per heavy atom. The van der Waals surface area contributed by atoms with Crippen molar-refractivity contribution in [1.29, 1.82) is 0 Å². The Kier molecular flexibility index (Phi) is 5.80. The molecule has 0 saturated heterocycles. The number of hydrogen-bond donors (Lipinski definition) is 1. The summed E-state index contributed by atoms with van der Waals surface area (Å²) in [5.41, 5.74) is 0.600. The first-order valence-corrected chi connectivity index (χ1v) is 6.59. The number of halogens is 2. The molecule has 110 valence electrons. The molecule has 0 bridgehead atoms. The third-order valence-corrected chi connectivity index (χ3v) is 3.32. The third-order valence-electron chi connectivity index (χ3n) is 3.32. The Hall–Kier alpha value is -1.78. The van der Waals surface area contributed by atoms with Crippen LogP contribution in [0.1, 0.15) is 56.6 Å². The molecule has 0 spiro atoms. The Morgan fingerprint density at radius 3 is 2.30 bits per heavy atom. The summed E-state index contributed by atoms with van der Waals surface area (Å²) in [5, 5.41) is 2.02. The fourth-order valence-corrected chi connectivity index (χ4v) is 2.05. The molecule has 0 aliphatic carbocycles. The first-order valence-electron chi connectivity index (χ1n) is 6.59. The first kappa shape index (κ1) is 16.3. The molecule has 0 aliphatic rings. The number of imide groups is 1. The van der Waals surface area contributed by atoms with Gasteiger partial charge in [0.1, 0.15) is 0 Å². The number of carbonyl (C=O) groups is 2. The van der Waals surface area contributed by atoms with Gasteiger partial charge in [-0.2, -0.15) is 0 Å². The quantitative estimate of drug-likeness (QED) is 0.815. The average molecular weight is 283 g/mol. The van der Waals surface area contributed by atoms with Crippen molar-refractivity contribution >= 4 is 12.3 Å². The predicted octanol–water partition coefficient (Wildman–Crippen LogP) is 3.24. The Balaban J connectivity index is 2.84. The molecule has 2 amide bonds. The van der Waals surface area contributed by atoms with Gasteiger partial charge in [-0.1, -0.05) is 32.9 Å². The van der Waals surface area contributed by atoms with Crippen LogP contribution in [0.4, 0.5) is 8.78 Å². The summed E-state index contributed by atoms with van der Waals surface area (Å²) in [7, 11) is 0. The fourth-order valence-electron chi connectivity index (χ4n) is 2.05. The maximum atomic E-state index is 14.0. The molecule has 1 rings (SSSR count). The first-order chi connectivity index (χ1) is 9.38. The SMILES string of the molecule is CC(C)c1ccc(C(C)CCC(=O)NC=O)c(F)c1F. The second-order valence-corrected chi connectivity index (χ2v) is 5.15. The predicted molar refractivity (Wildman–Crippen MR) is 72.3 cm³/mol. The molecular weight excluding hydrogens is 264 g/mol. The lowest BCUT2D eigenvalue weighted by molar-refractivity contribution is -0.125. The van der Waals surface area contributed by atoms with Crippen LogP contribution in [0, 0.1) is 11.6 Å². The average Bonchev–Trinajstić information content (AvgIpc) is 2.39. The van der Waals surface area contributed by atoms with Crippen molar-refractivity contribution in [2.24, 2.45) is 0 Å². The van der Waals surface area contributed by atoms with E-state index in [9.17, 15) is 18.4 Å². The van der Waals surface area contributed by atoms with Crippen molar-refractivity contribution in [3.63, 3.8) is 0 Å². The van der Waals surface area contributed by atoms with E-state index in [2.05, 4.69) is 0 Å². The van der Waals surface area contributed by atoms with Crippen molar-refractivity contribution in [1.82, 2.24) is 5.32 Å². The maximum Gasteiger partial charge on any atom is 0.226 e. The zero-order valence-electron chi connectivity index (χ0n) is 11.9. The summed E-state index contributed by atoms with van der Waals surface area (Å²) < 4.78 is 27.9. The van der Waals surface area contributed by atoms with E-state index in [0.29, 0.717) is 18.4 Å². The largest absolute Gasteiger partial charge is 0.299 e. The van der Waals surface area contributed by atoms with Gasteiger partial charge in [-0.3, -0.25) is 14.9 Å². The number of nitrogens with one attached hydrogen (secondary N) is 1. The van der Waals surface area contributed by atoms with Crippen LogP contribution in [0.5, 0.6) is 0 Å². The zero-order chi connectivity index (χ0) is 15.3. The molecule has 0 aliphatic heterocycles. The van der Waals surface area contributed by atoms with E-state index in [1.165, 1.54) is 0 Å². The molecule has 1 aromatic rings. The van der Waals surface area contributed by atoms with Crippen molar-refractivity contribution in [2.75, 3.05) is 0 Å². The molecule has 3 nitrogen and oxygen atoms in total. The minimum Gasteiger partial charge on any atom is -0.299 e. The van der Waals surface area contributed by atoms with Gasteiger partial charge >= 0.3 is 0 Å². The van der Waals surface area contributed by atoms with E-state index in [-0.39, 0.29) is 23.8 Å². The molecular formula is C15H19F2NO2. The highest BCUT2D eigenvalue weighted by atomic mass is 19.2. The number of carbonyl (C=O) groups excluding carboxylic acids is 2. The number of benzene rings is 1. The molecule has 1 N–H and O–H groups in total. The van der Waals surface area contributed by atoms with Gasteiger partial charge in [0.15, 0.2) is 11.6 Å². The molecule has 0 radical (unpaired) electrons. The van der Waals surface area contributed by atoms with Crippen molar-refractivity contribution in [3.05, 3.63) is 34.9 Å². The van der Waals surface area contributed by atoms with Gasteiger partial charge in [0, 0.05) is 6.42 Å². The highest BCUT2D eigenvalue weighted by Crippen LogP contribution is 2.29. The summed E-state index contributed by atoms with van der Waals surface area (Å²) >= 11 is 0. The van der Waals surface area contributed by atoms with Crippen LogP contribution in [-0.4, -0.2) is 12.3 Å². The second-order valence-electron chi connectivity index (χ2n) is 5.15. The molecule has 1 aromatic carbocycles.